The van der Waals surface area contributed by atoms with Gasteiger partial charge in [0.15, 0.2) is 0 Å². The maximum absolute atomic E-state index is 5.46. The quantitative estimate of drug-likeness (QED) is 0.565. The van der Waals surface area contributed by atoms with Crippen LogP contribution in [-0.4, -0.2) is 14.1 Å². The van der Waals surface area contributed by atoms with E-state index in [1.165, 1.54) is 11.8 Å². The van der Waals surface area contributed by atoms with Gasteiger partial charge < -0.3 is 5.73 Å². The molecule has 0 amide bonds. The Balaban J connectivity index is 2.73. The summed E-state index contributed by atoms with van der Waals surface area (Å²) in [4.78, 5) is 4.15. The van der Waals surface area contributed by atoms with E-state index in [2.05, 4.69) is 24.0 Å². The van der Waals surface area contributed by atoms with Gasteiger partial charge in [-0.1, -0.05) is 24.5 Å². The summed E-state index contributed by atoms with van der Waals surface area (Å²) in [5.41, 5.74) is 7.85. The largest absolute Gasteiger partial charge is 0.405 e. The van der Waals surface area contributed by atoms with E-state index in [0.717, 1.165) is 12.1 Å². The van der Waals surface area contributed by atoms with Crippen molar-refractivity contribution < 1.29 is 0 Å². The number of aryl methyl sites for hydroxylation is 1. The Morgan fingerprint density at radius 1 is 1.43 bits per heavy atom. The first-order valence-electron chi connectivity index (χ1n) is 4.56. The predicted molar refractivity (Wildman–Crippen MR) is 62.0 cm³/mol. The maximum atomic E-state index is 5.46. The number of rotatable bonds is 3. The second-order valence-corrected chi connectivity index (χ2v) is 2.94. The molecular formula is C11H13BN2. The SMILES string of the molecule is [B]/C(C=Nc1ccc(CC)cc1)=C/N. The van der Waals surface area contributed by atoms with Crippen molar-refractivity contribution in [3.8, 4) is 0 Å². The first kappa shape index (κ1) is 10.6. The van der Waals surface area contributed by atoms with Gasteiger partial charge in [0.1, 0.15) is 7.85 Å². The van der Waals surface area contributed by atoms with Crippen molar-refractivity contribution in [1.29, 1.82) is 0 Å². The van der Waals surface area contributed by atoms with Crippen LogP contribution in [-0.2, 0) is 6.42 Å². The summed E-state index contributed by atoms with van der Waals surface area (Å²) in [5.74, 6) is 0. The Hall–Kier alpha value is -1.51. The Bertz CT molecular complexity index is 339. The number of aliphatic imine (C=N–C) groups is 1. The summed E-state index contributed by atoms with van der Waals surface area (Å²) in [5, 5.41) is 0. The van der Waals surface area contributed by atoms with Crippen LogP contribution >= 0.6 is 0 Å². The van der Waals surface area contributed by atoms with Crippen LogP contribution in [0.2, 0.25) is 0 Å². The van der Waals surface area contributed by atoms with E-state index < -0.39 is 0 Å². The molecule has 2 radical (unpaired) electrons. The first-order valence-corrected chi connectivity index (χ1v) is 4.56. The van der Waals surface area contributed by atoms with Gasteiger partial charge in [0, 0.05) is 6.21 Å². The number of allylic oxidation sites excluding steroid dienone is 1. The monoisotopic (exact) mass is 184 g/mol. The number of benzene rings is 1. The van der Waals surface area contributed by atoms with Crippen molar-refractivity contribution in [3.63, 3.8) is 0 Å². The third-order valence-corrected chi connectivity index (χ3v) is 1.90. The summed E-state index contributed by atoms with van der Waals surface area (Å²) in [6.07, 6.45) is 3.90. The molecule has 0 spiro atoms. The lowest BCUT2D eigenvalue weighted by atomic mass is 9.99. The van der Waals surface area contributed by atoms with Crippen molar-refractivity contribution in [2.45, 2.75) is 13.3 Å². The second kappa shape index (κ2) is 5.27. The lowest BCUT2D eigenvalue weighted by Gasteiger charge is -1.96. The van der Waals surface area contributed by atoms with E-state index in [4.69, 9.17) is 13.6 Å². The van der Waals surface area contributed by atoms with Gasteiger partial charge in [-0.25, -0.2) is 0 Å². The van der Waals surface area contributed by atoms with Gasteiger partial charge >= 0.3 is 0 Å². The van der Waals surface area contributed by atoms with E-state index in [-0.39, 0.29) is 0 Å². The summed E-state index contributed by atoms with van der Waals surface area (Å²) in [7, 11) is 5.46. The Labute approximate surface area is 86.0 Å². The molecule has 14 heavy (non-hydrogen) atoms. The van der Waals surface area contributed by atoms with E-state index in [0.29, 0.717) is 5.47 Å². The van der Waals surface area contributed by atoms with Crippen LogP contribution in [0.1, 0.15) is 12.5 Å². The zero-order valence-corrected chi connectivity index (χ0v) is 8.27. The van der Waals surface area contributed by atoms with E-state index >= 15 is 0 Å². The van der Waals surface area contributed by atoms with Gasteiger partial charge in [0.05, 0.1) is 5.69 Å². The van der Waals surface area contributed by atoms with Gasteiger partial charge in [0.25, 0.3) is 0 Å². The van der Waals surface area contributed by atoms with E-state index in [9.17, 15) is 0 Å². The van der Waals surface area contributed by atoms with Gasteiger partial charge in [-0.3, -0.25) is 4.99 Å². The molecule has 0 fully saturated rings. The molecule has 0 saturated heterocycles. The molecule has 3 heteroatoms. The van der Waals surface area contributed by atoms with Gasteiger partial charge in [-0.15, -0.1) is 0 Å². The molecule has 2 nitrogen and oxygen atoms in total. The fourth-order valence-electron chi connectivity index (χ4n) is 1.01. The number of hydrogen-bond acceptors (Lipinski definition) is 2. The van der Waals surface area contributed by atoms with Gasteiger partial charge in [-0.2, -0.15) is 0 Å². The average Bonchev–Trinajstić information content (AvgIpc) is 2.26. The fraction of sp³-hybridized carbons (Fsp3) is 0.182. The van der Waals surface area contributed by atoms with Crippen molar-refractivity contribution in [2.75, 3.05) is 0 Å². The molecule has 1 aromatic rings. The summed E-state index contributed by atoms with van der Waals surface area (Å²) in [6, 6.07) is 8.02. The molecular weight excluding hydrogens is 171 g/mol. The van der Waals surface area contributed by atoms with Crippen LogP contribution in [0.3, 0.4) is 0 Å². The molecule has 70 valence electrons. The highest BCUT2D eigenvalue weighted by Crippen LogP contribution is 2.12. The summed E-state index contributed by atoms with van der Waals surface area (Å²) in [6.45, 7) is 2.12. The molecule has 0 aliphatic heterocycles. The summed E-state index contributed by atoms with van der Waals surface area (Å²) >= 11 is 0. The van der Waals surface area contributed by atoms with E-state index in [1.54, 1.807) is 6.21 Å². The number of nitrogens with two attached hydrogens (primary N) is 1. The molecule has 0 bridgehead atoms. The molecule has 0 aliphatic rings. The van der Waals surface area contributed by atoms with Crippen LogP contribution in [0.5, 0.6) is 0 Å². The molecule has 0 saturated carbocycles. The van der Waals surface area contributed by atoms with Crippen LogP contribution in [0.4, 0.5) is 5.69 Å². The molecule has 0 unspecified atom stereocenters. The van der Waals surface area contributed by atoms with Crippen LogP contribution in [0.15, 0.2) is 40.9 Å². The van der Waals surface area contributed by atoms with Crippen molar-refractivity contribution >= 4 is 19.7 Å². The van der Waals surface area contributed by atoms with Crippen LogP contribution < -0.4 is 5.73 Å². The topological polar surface area (TPSA) is 38.4 Å². The van der Waals surface area contributed by atoms with E-state index in [1.807, 2.05) is 12.1 Å². The minimum Gasteiger partial charge on any atom is -0.405 e. The van der Waals surface area contributed by atoms with Crippen LogP contribution in [0, 0.1) is 0 Å². The molecule has 0 aromatic heterocycles. The maximum Gasteiger partial charge on any atom is 0.117 e. The Morgan fingerprint density at radius 3 is 2.57 bits per heavy atom. The highest BCUT2D eigenvalue weighted by atomic mass is 14.7. The predicted octanol–water partition coefficient (Wildman–Crippen LogP) is 1.92. The molecule has 1 aromatic carbocycles. The third kappa shape index (κ3) is 3.09. The lowest BCUT2D eigenvalue weighted by Crippen LogP contribution is -1.88. The third-order valence-electron chi connectivity index (χ3n) is 1.90. The van der Waals surface area contributed by atoms with Crippen molar-refractivity contribution in [2.24, 2.45) is 10.7 Å². The summed E-state index contributed by atoms with van der Waals surface area (Å²) < 4.78 is 0. The highest BCUT2D eigenvalue weighted by Gasteiger charge is 1.89. The Kier molecular flexibility index (Phi) is 3.98. The van der Waals surface area contributed by atoms with Gasteiger partial charge in [-0.05, 0) is 30.3 Å². The lowest BCUT2D eigenvalue weighted by molar-refractivity contribution is 1.14. The Morgan fingerprint density at radius 2 is 2.07 bits per heavy atom. The molecule has 1 rings (SSSR count). The minimum absolute atomic E-state index is 0.463. The fourth-order valence-corrected chi connectivity index (χ4v) is 1.01. The second-order valence-electron chi connectivity index (χ2n) is 2.94. The normalized spacial score (nSPS) is 12.2. The average molecular weight is 184 g/mol. The number of hydrogen-bond donors (Lipinski definition) is 1. The van der Waals surface area contributed by atoms with Crippen LogP contribution in [0.25, 0.3) is 0 Å². The van der Waals surface area contributed by atoms with Crippen molar-refractivity contribution in [3.05, 3.63) is 41.5 Å². The standard InChI is InChI=1S/C11H13BN2/c1-2-9-3-5-11(6-4-9)14-8-10(12)7-13/h3-8H,2,13H2,1H3/b10-7+,14-8?. The zero-order chi connectivity index (χ0) is 10.4. The molecule has 0 aliphatic carbocycles. The minimum atomic E-state index is 0.463. The van der Waals surface area contributed by atoms with Gasteiger partial charge in [0.2, 0.25) is 0 Å². The molecule has 2 N–H and O–H groups in total. The zero-order valence-electron chi connectivity index (χ0n) is 8.27. The highest BCUT2D eigenvalue weighted by molar-refractivity contribution is 6.32. The molecule has 0 atom stereocenters. The molecule has 0 heterocycles. The first-order chi connectivity index (χ1) is 6.76. The van der Waals surface area contributed by atoms with Crippen molar-refractivity contribution in [1.82, 2.24) is 0 Å². The number of nitrogens with zero attached hydrogens (tertiary/aromatic N) is 1. The smallest absolute Gasteiger partial charge is 0.117 e.